The fourth-order valence-electron chi connectivity index (χ4n) is 3.11. The van der Waals surface area contributed by atoms with Crippen molar-refractivity contribution >= 4 is 11.9 Å². The molecular weight excluding hydrogens is 348 g/mol. The van der Waals surface area contributed by atoms with E-state index in [0.717, 1.165) is 5.56 Å². The lowest BCUT2D eigenvalue weighted by molar-refractivity contribution is -0.233. The van der Waals surface area contributed by atoms with E-state index in [9.17, 15) is 9.59 Å². The van der Waals surface area contributed by atoms with E-state index in [2.05, 4.69) is 0 Å². The molecule has 150 valence electrons. The summed E-state index contributed by atoms with van der Waals surface area (Å²) in [5, 5.41) is 0. The second kappa shape index (κ2) is 9.85. The highest BCUT2D eigenvalue weighted by Gasteiger charge is 2.37. The maximum absolute atomic E-state index is 12.7. The van der Waals surface area contributed by atoms with Gasteiger partial charge in [0.1, 0.15) is 6.10 Å². The van der Waals surface area contributed by atoms with E-state index in [0.29, 0.717) is 32.7 Å². The minimum Gasteiger partial charge on any atom is -0.466 e. The minimum absolute atomic E-state index is 0.0627. The average molecular weight is 378 g/mol. The van der Waals surface area contributed by atoms with Crippen molar-refractivity contribution < 1.29 is 28.5 Å². The molecular formula is C21H30O6. The van der Waals surface area contributed by atoms with Crippen LogP contribution in [0.3, 0.4) is 0 Å². The van der Waals surface area contributed by atoms with Crippen LogP contribution >= 0.6 is 0 Å². The molecule has 2 unspecified atom stereocenters. The largest absolute Gasteiger partial charge is 0.466 e. The fraction of sp³-hybridized carbons (Fsp3) is 0.619. The summed E-state index contributed by atoms with van der Waals surface area (Å²) in [4.78, 5) is 23.7. The molecule has 1 heterocycles. The molecule has 0 radical (unpaired) electrons. The second-order valence-corrected chi connectivity index (χ2v) is 7.46. The van der Waals surface area contributed by atoms with Crippen molar-refractivity contribution in [1.82, 2.24) is 0 Å². The first-order valence-electron chi connectivity index (χ1n) is 9.46. The van der Waals surface area contributed by atoms with Gasteiger partial charge in [-0.15, -0.1) is 0 Å². The molecule has 0 N–H and O–H groups in total. The number of carbonyl (C=O) groups is 2. The molecule has 0 saturated carbocycles. The molecule has 1 aromatic rings. The number of hydrogen-bond donors (Lipinski definition) is 0. The lowest BCUT2D eigenvalue weighted by Crippen LogP contribution is -2.40. The van der Waals surface area contributed by atoms with Crippen LogP contribution in [0.15, 0.2) is 30.3 Å². The Morgan fingerprint density at radius 3 is 2.41 bits per heavy atom. The number of rotatable bonds is 8. The Kier molecular flexibility index (Phi) is 7.80. The van der Waals surface area contributed by atoms with Gasteiger partial charge >= 0.3 is 11.9 Å². The van der Waals surface area contributed by atoms with Crippen LogP contribution in [0.4, 0.5) is 0 Å². The topological polar surface area (TPSA) is 71.1 Å². The van der Waals surface area contributed by atoms with Crippen LogP contribution < -0.4 is 0 Å². The van der Waals surface area contributed by atoms with Crippen molar-refractivity contribution in [2.24, 2.45) is 11.3 Å². The van der Waals surface area contributed by atoms with Gasteiger partial charge < -0.3 is 18.9 Å². The quantitative estimate of drug-likeness (QED) is 0.643. The minimum atomic E-state index is -0.643. The molecule has 27 heavy (non-hydrogen) atoms. The first-order valence-corrected chi connectivity index (χ1v) is 9.46. The summed E-state index contributed by atoms with van der Waals surface area (Å²) in [5.41, 5.74) is 0.301. The van der Waals surface area contributed by atoms with E-state index < -0.39 is 17.8 Å². The molecule has 1 aliphatic heterocycles. The van der Waals surface area contributed by atoms with Gasteiger partial charge in [0.15, 0.2) is 6.29 Å². The van der Waals surface area contributed by atoms with Gasteiger partial charge in [-0.2, -0.15) is 0 Å². The first kappa shape index (κ1) is 21.4. The summed E-state index contributed by atoms with van der Waals surface area (Å²) in [6, 6.07) is 9.67. The lowest BCUT2D eigenvalue weighted by Gasteiger charge is -2.33. The SMILES string of the molecule is CCC(C)(CC(C)COC(C)=O)C(=O)OC1COC(c2ccccc2)OC1. The third-order valence-electron chi connectivity index (χ3n) is 4.86. The van der Waals surface area contributed by atoms with E-state index in [-0.39, 0.29) is 17.9 Å². The molecule has 1 saturated heterocycles. The lowest BCUT2D eigenvalue weighted by atomic mass is 9.79. The smallest absolute Gasteiger partial charge is 0.312 e. The predicted octanol–water partition coefficient (Wildman–Crippen LogP) is 3.65. The molecule has 6 heteroatoms. The zero-order valence-electron chi connectivity index (χ0n) is 16.6. The average Bonchev–Trinajstić information content (AvgIpc) is 2.67. The molecule has 1 aromatic carbocycles. The van der Waals surface area contributed by atoms with Crippen molar-refractivity contribution in [2.75, 3.05) is 19.8 Å². The van der Waals surface area contributed by atoms with Crippen LogP contribution in [0, 0.1) is 11.3 Å². The second-order valence-electron chi connectivity index (χ2n) is 7.46. The molecule has 0 aliphatic carbocycles. The predicted molar refractivity (Wildman–Crippen MR) is 99.8 cm³/mol. The summed E-state index contributed by atoms with van der Waals surface area (Å²) in [7, 11) is 0. The number of carbonyl (C=O) groups excluding carboxylic acids is 2. The molecule has 2 atom stereocenters. The van der Waals surface area contributed by atoms with E-state index >= 15 is 0 Å². The van der Waals surface area contributed by atoms with Gasteiger partial charge in [0.05, 0.1) is 25.2 Å². The molecule has 1 fully saturated rings. The van der Waals surface area contributed by atoms with E-state index in [1.54, 1.807) is 0 Å². The highest BCUT2D eigenvalue weighted by atomic mass is 16.7. The zero-order valence-corrected chi connectivity index (χ0v) is 16.6. The Morgan fingerprint density at radius 2 is 1.85 bits per heavy atom. The number of benzene rings is 1. The highest BCUT2D eigenvalue weighted by Crippen LogP contribution is 2.33. The summed E-state index contributed by atoms with van der Waals surface area (Å²) in [6.45, 7) is 8.08. The van der Waals surface area contributed by atoms with Crippen LogP contribution in [0.5, 0.6) is 0 Å². The maximum atomic E-state index is 12.7. The fourth-order valence-corrected chi connectivity index (χ4v) is 3.11. The summed E-state index contributed by atoms with van der Waals surface area (Å²) >= 11 is 0. The number of hydrogen-bond acceptors (Lipinski definition) is 6. The van der Waals surface area contributed by atoms with E-state index in [4.69, 9.17) is 18.9 Å². The molecule has 0 aromatic heterocycles. The van der Waals surface area contributed by atoms with Crippen LogP contribution in [-0.2, 0) is 28.5 Å². The van der Waals surface area contributed by atoms with Gasteiger partial charge in [0.25, 0.3) is 0 Å². The Hall–Kier alpha value is -1.92. The van der Waals surface area contributed by atoms with Crippen molar-refractivity contribution in [2.45, 2.75) is 52.9 Å². The Bertz CT molecular complexity index is 608. The summed E-state index contributed by atoms with van der Waals surface area (Å²) in [6.07, 6.45) is 0.364. The Morgan fingerprint density at radius 1 is 1.22 bits per heavy atom. The summed E-state index contributed by atoms with van der Waals surface area (Å²) < 4.78 is 22.1. The van der Waals surface area contributed by atoms with E-state index in [1.165, 1.54) is 6.92 Å². The molecule has 0 amide bonds. The number of esters is 2. The molecule has 0 bridgehead atoms. The van der Waals surface area contributed by atoms with Gasteiger partial charge in [-0.3, -0.25) is 9.59 Å². The standard InChI is InChI=1S/C21H30O6/c1-5-21(4,11-15(2)12-24-16(3)22)20(23)27-18-13-25-19(26-14-18)17-9-7-6-8-10-17/h6-10,15,18-19H,5,11-14H2,1-4H3. The van der Waals surface area contributed by atoms with Crippen molar-refractivity contribution in [1.29, 1.82) is 0 Å². The van der Waals surface area contributed by atoms with E-state index in [1.807, 2.05) is 51.1 Å². The molecule has 2 rings (SSSR count). The van der Waals surface area contributed by atoms with Crippen LogP contribution in [0.2, 0.25) is 0 Å². The van der Waals surface area contributed by atoms with Gasteiger partial charge in [0.2, 0.25) is 0 Å². The third-order valence-corrected chi connectivity index (χ3v) is 4.86. The van der Waals surface area contributed by atoms with Gasteiger partial charge in [-0.25, -0.2) is 0 Å². The van der Waals surface area contributed by atoms with Crippen molar-refractivity contribution in [3.05, 3.63) is 35.9 Å². The molecule has 1 aliphatic rings. The van der Waals surface area contributed by atoms with Crippen molar-refractivity contribution in [3.63, 3.8) is 0 Å². The van der Waals surface area contributed by atoms with Crippen LogP contribution in [0.1, 0.15) is 52.4 Å². The summed E-state index contributed by atoms with van der Waals surface area (Å²) in [5.74, 6) is -0.519. The third kappa shape index (κ3) is 6.33. The Labute approximate surface area is 161 Å². The van der Waals surface area contributed by atoms with Gasteiger partial charge in [0, 0.05) is 12.5 Å². The molecule has 6 nitrogen and oxygen atoms in total. The van der Waals surface area contributed by atoms with Crippen LogP contribution in [0.25, 0.3) is 0 Å². The van der Waals surface area contributed by atoms with Crippen LogP contribution in [-0.4, -0.2) is 37.9 Å². The Balaban J connectivity index is 1.84. The number of ether oxygens (including phenoxy) is 4. The maximum Gasteiger partial charge on any atom is 0.312 e. The van der Waals surface area contributed by atoms with Gasteiger partial charge in [-0.1, -0.05) is 44.2 Å². The van der Waals surface area contributed by atoms with Crippen molar-refractivity contribution in [3.8, 4) is 0 Å². The normalized spacial score (nSPS) is 23.1. The zero-order chi connectivity index (χ0) is 19.9. The molecule has 0 spiro atoms. The monoisotopic (exact) mass is 378 g/mol. The highest BCUT2D eigenvalue weighted by molar-refractivity contribution is 5.76. The first-order chi connectivity index (χ1) is 12.8. The van der Waals surface area contributed by atoms with Gasteiger partial charge in [-0.05, 0) is 25.7 Å².